The third kappa shape index (κ3) is 1.36. The molecule has 0 aliphatic heterocycles. The van der Waals surface area contributed by atoms with Gasteiger partial charge in [-0.1, -0.05) is 6.42 Å². The molecule has 3 heteroatoms. The van der Waals surface area contributed by atoms with E-state index < -0.39 is 11.0 Å². The molecule has 2 aliphatic carbocycles. The van der Waals surface area contributed by atoms with Gasteiger partial charge in [-0.25, -0.2) is 0 Å². The van der Waals surface area contributed by atoms with Crippen LogP contribution in [0.4, 0.5) is 0 Å². The number of aryl methyl sites for hydroxylation is 1. The number of nitrogens with zero attached hydrogens (tertiary/aromatic N) is 1. The molecule has 2 saturated carbocycles. The fourth-order valence-electron chi connectivity index (χ4n) is 4.25. The first-order chi connectivity index (χ1) is 8.51. The summed E-state index contributed by atoms with van der Waals surface area (Å²) in [5.74, 6) is 1.03. The molecule has 2 aliphatic rings. The zero-order valence-corrected chi connectivity index (χ0v) is 11.8. The highest BCUT2D eigenvalue weighted by molar-refractivity contribution is 7.10. The highest BCUT2D eigenvalue weighted by Gasteiger charge is 2.61. The van der Waals surface area contributed by atoms with Crippen molar-refractivity contribution >= 4 is 11.3 Å². The topological polar surface area (TPSA) is 44.0 Å². The van der Waals surface area contributed by atoms with Gasteiger partial charge < -0.3 is 5.11 Å². The molecular weight excluding hydrogens is 242 g/mol. The summed E-state index contributed by atoms with van der Waals surface area (Å²) in [5.41, 5.74) is -0.451. The van der Waals surface area contributed by atoms with Gasteiger partial charge in [0.25, 0.3) is 0 Å². The molecule has 1 N–H and O–H groups in total. The summed E-state index contributed by atoms with van der Waals surface area (Å²) in [6, 6.07) is 4.56. The maximum absolute atomic E-state index is 11.1. The van der Waals surface area contributed by atoms with Crippen LogP contribution in [0.1, 0.15) is 43.0 Å². The van der Waals surface area contributed by atoms with Gasteiger partial charge in [0.05, 0.1) is 11.5 Å². The Hall–Kier alpha value is -0.850. The number of thiophene rings is 1. The van der Waals surface area contributed by atoms with Gasteiger partial charge in [0.15, 0.2) is 0 Å². The van der Waals surface area contributed by atoms with Crippen LogP contribution in [0.2, 0.25) is 0 Å². The largest absolute Gasteiger partial charge is 0.383 e. The smallest absolute Gasteiger partial charge is 0.115 e. The number of hydrogen-bond acceptors (Lipinski definition) is 3. The second-order valence-corrected chi connectivity index (χ2v) is 7.08. The van der Waals surface area contributed by atoms with Gasteiger partial charge in [-0.3, -0.25) is 0 Å². The Bertz CT molecular complexity index is 513. The van der Waals surface area contributed by atoms with Crippen molar-refractivity contribution in [3.63, 3.8) is 0 Å². The second-order valence-electron chi connectivity index (χ2n) is 6.17. The highest BCUT2D eigenvalue weighted by Crippen LogP contribution is 2.63. The molecule has 18 heavy (non-hydrogen) atoms. The third-order valence-corrected chi connectivity index (χ3v) is 6.45. The molecule has 1 heterocycles. The van der Waals surface area contributed by atoms with Gasteiger partial charge in [-0.05, 0) is 62.0 Å². The third-order valence-electron chi connectivity index (χ3n) is 5.22. The van der Waals surface area contributed by atoms with Crippen molar-refractivity contribution in [2.75, 3.05) is 0 Å². The van der Waals surface area contributed by atoms with Gasteiger partial charge in [0, 0.05) is 4.88 Å². The Morgan fingerprint density at radius 3 is 2.78 bits per heavy atom. The average Bonchev–Trinajstić information content (AvgIpc) is 3.02. The molecular formula is C15H19NOS. The van der Waals surface area contributed by atoms with E-state index in [2.05, 4.69) is 6.07 Å². The number of fused-ring (bicyclic) bond motifs is 2. The van der Waals surface area contributed by atoms with Crippen LogP contribution in [0.5, 0.6) is 0 Å². The first-order valence-electron chi connectivity index (χ1n) is 6.69. The molecule has 0 radical (unpaired) electrons. The Morgan fingerprint density at radius 2 is 2.33 bits per heavy atom. The maximum Gasteiger partial charge on any atom is 0.115 e. The summed E-state index contributed by atoms with van der Waals surface area (Å²) < 4.78 is 0. The molecule has 4 unspecified atom stereocenters. The lowest BCUT2D eigenvalue weighted by atomic mass is 9.63. The van der Waals surface area contributed by atoms with Crippen LogP contribution in [-0.2, 0) is 5.60 Å². The van der Waals surface area contributed by atoms with E-state index in [-0.39, 0.29) is 0 Å². The quantitative estimate of drug-likeness (QED) is 0.884. The predicted octanol–water partition coefficient (Wildman–Crippen LogP) is 3.59. The molecule has 0 aromatic carbocycles. The monoisotopic (exact) mass is 261 g/mol. The molecule has 4 atom stereocenters. The summed E-state index contributed by atoms with van der Waals surface area (Å²) in [7, 11) is 0. The normalized spacial score (nSPS) is 37.4. The van der Waals surface area contributed by atoms with E-state index in [1.807, 2.05) is 25.3 Å². The lowest BCUT2D eigenvalue weighted by molar-refractivity contribution is -0.0709. The minimum atomic E-state index is -1.00. The highest BCUT2D eigenvalue weighted by atomic mass is 32.1. The van der Waals surface area contributed by atoms with E-state index in [4.69, 9.17) is 0 Å². The SMILES string of the molecule is Cc1ccsc1C(C)(O)C1(C#N)CC2CCC1C2. The Morgan fingerprint density at radius 1 is 1.56 bits per heavy atom. The van der Waals surface area contributed by atoms with Crippen molar-refractivity contribution in [1.82, 2.24) is 0 Å². The molecule has 3 rings (SSSR count). The van der Waals surface area contributed by atoms with Crippen LogP contribution in [-0.4, -0.2) is 5.11 Å². The summed E-state index contributed by atoms with van der Waals surface area (Å²) in [4.78, 5) is 0.983. The van der Waals surface area contributed by atoms with Crippen LogP contribution in [0, 0.1) is 35.5 Å². The Kier molecular flexibility index (Phi) is 2.59. The molecule has 0 spiro atoms. The second kappa shape index (κ2) is 3.82. The molecule has 1 aromatic heterocycles. The minimum Gasteiger partial charge on any atom is -0.383 e. The van der Waals surface area contributed by atoms with E-state index in [0.29, 0.717) is 11.8 Å². The van der Waals surface area contributed by atoms with Gasteiger partial charge >= 0.3 is 0 Å². The van der Waals surface area contributed by atoms with E-state index in [1.165, 1.54) is 6.42 Å². The van der Waals surface area contributed by atoms with Crippen molar-refractivity contribution in [2.24, 2.45) is 17.3 Å². The molecule has 1 aromatic rings. The van der Waals surface area contributed by atoms with Crippen LogP contribution in [0.25, 0.3) is 0 Å². The summed E-state index contributed by atoms with van der Waals surface area (Å²) in [6.45, 7) is 3.88. The number of nitriles is 1. The van der Waals surface area contributed by atoms with Gasteiger partial charge in [0.2, 0.25) is 0 Å². The average molecular weight is 261 g/mol. The maximum atomic E-state index is 11.1. The van der Waals surface area contributed by atoms with Crippen LogP contribution in [0.15, 0.2) is 11.4 Å². The predicted molar refractivity (Wildman–Crippen MR) is 72.1 cm³/mol. The van der Waals surface area contributed by atoms with Crippen LogP contribution >= 0.6 is 11.3 Å². The van der Waals surface area contributed by atoms with Crippen molar-refractivity contribution in [2.45, 2.75) is 45.1 Å². The zero-order chi connectivity index (χ0) is 13.0. The Labute approximate surface area is 112 Å². The zero-order valence-electron chi connectivity index (χ0n) is 10.9. The first kappa shape index (κ1) is 12.2. The molecule has 0 saturated heterocycles. The van der Waals surface area contributed by atoms with Crippen LogP contribution < -0.4 is 0 Å². The lowest BCUT2D eigenvalue weighted by Gasteiger charge is -2.43. The van der Waals surface area contributed by atoms with E-state index in [1.54, 1.807) is 11.3 Å². The van der Waals surface area contributed by atoms with E-state index in [0.717, 1.165) is 29.7 Å². The van der Waals surface area contributed by atoms with Crippen LogP contribution in [0.3, 0.4) is 0 Å². The number of aliphatic hydroxyl groups is 1. The summed E-state index contributed by atoms with van der Waals surface area (Å²) >= 11 is 1.58. The first-order valence-corrected chi connectivity index (χ1v) is 7.57. The van der Waals surface area contributed by atoms with E-state index in [9.17, 15) is 10.4 Å². The van der Waals surface area contributed by atoms with Crippen molar-refractivity contribution < 1.29 is 5.11 Å². The molecule has 2 bridgehead atoms. The van der Waals surface area contributed by atoms with Crippen molar-refractivity contribution in [1.29, 1.82) is 5.26 Å². The lowest BCUT2D eigenvalue weighted by Crippen LogP contribution is -2.46. The number of hydrogen-bond donors (Lipinski definition) is 1. The summed E-state index contributed by atoms with van der Waals surface area (Å²) in [5, 5.41) is 22.9. The molecule has 96 valence electrons. The van der Waals surface area contributed by atoms with Gasteiger partial charge in [-0.2, -0.15) is 5.26 Å². The molecule has 2 fully saturated rings. The minimum absolute atomic E-state index is 0.379. The Balaban J connectivity index is 2.08. The van der Waals surface area contributed by atoms with Crippen molar-refractivity contribution in [3.05, 3.63) is 21.9 Å². The van der Waals surface area contributed by atoms with Crippen molar-refractivity contribution in [3.8, 4) is 6.07 Å². The fraction of sp³-hybridized carbons (Fsp3) is 0.667. The standard InChI is InChI=1S/C15H19NOS/c1-10-5-6-18-13(10)14(2,17)15(9-16)8-11-3-4-12(15)7-11/h5-6,11-12,17H,3-4,7-8H2,1-2H3. The summed E-state index contributed by atoms with van der Waals surface area (Å²) in [6.07, 6.45) is 4.36. The van der Waals surface area contributed by atoms with E-state index >= 15 is 0 Å². The molecule has 0 amide bonds. The number of rotatable bonds is 2. The molecule has 2 nitrogen and oxygen atoms in total. The fourth-order valence-corrected chi connectivity index (χ4v) is 5.32. The van der Waals surface area contributed by atoms with Gasteiger partial charge in [0.1, 0.15) is 5.60 Å². The van der Waals surface area contributed by atoms with Gasteiger partial charge in [-0.15, -0.1) is 11.3 Å².